The number of nitrogens with one attached hydrogen (secondary N) is 1. The summed E-state index contributed by atoms with van der Waals surface area (Å²) >= 11 is 0. The van der Waals surface area contributed by atoms with Gasteiger partial charge < -0.3 is 14.8 Å². The van der Waals surface area contributed by atoms with E-state index in [2.05, 4.69) is 21.0 Å². The topological polar surface area (TPSA) is 78.3 Å². The van der Waals surface area contributed by atoms with Crippen LogP contribution < -0.4 is 14.8 Å². The molecule has 4 rings (SSSR count). The van der Waals surface area contributed by atoms with E-state index in [-0.39, 0.29) is 5.91 Å². The van der Waals surface area contributed by atoms with E-state index in [4.69, 9.17) is 14.6 Å². The highest BCUT2D eigenvalue weighted by Gasteiger charge is 2.22. The van der Waals surface area contributed by atoms with Gasteiger partial charge in [0.2, 0.25) is 0 Å². The SMILES string of the molecule is COc1ccc(C(=O)NCc2cc(-c3ccncc3)n(C3CCCC3)n2)c(OC)c1. The van der Waals surface area contributed by atoms with E-state index >= 15 is 0 Å². The van der Waals surface area contributed by atoms with Gasteiger partial charge in [-0.15, -0.1) is 0 Å². The highest BCUT2D eigenvalue weighted by atomic mass is 16.5. The zero-order chi connectivity index (χ0) is 20.9. The van der Waals surface area contributed by atoms with Gasteiger partial charge in [-0.1, -0.05) is 12.8 Å². The van der Waals surface area contributed by atoms with Crippen LogP contribution >= 0.6 is 0 Å². The number of rotatable bonds is 7. The van der Waals surface area contributed by atoms with Crippen molar-refractivity contribution in [2.45, 2.75) is 38.3 Å². The van der Waals surface area contributed by atoms with Crippen molar-refractivity contribution in [2.75, 3.05) is 14.2 Å². The zero-order valence-corrected chi connectivity index (χ0v) is 17.3. The zero-order valence-electron chi connectivity index (χ0n) is 17.3. The predicted molar refractivity (Wildman–Crippen MR) is 114 cm³/mol. The van der Waals surface area contributed by atoms with E-state index in [0.717, 1.165) is 29.8 Å². The molecule has 1 saturated carbocycles. The van der Waals surface area contributed by atoms with Crippen LogP contribution in [0, 0.1) is 0 Å². The Labute approximate surface area is 176 Å². The van der Waals surface area contributed by atoms with Crippen LogP contribution in [0.4, 0.5) is 0 Å². The van der Waals surface area contributed by atoms with Gasteiger partial charge in [0.25, 0.3) is 5.91 Å². The van der Waals surface area contributed by atoms with E-state index in [1.807, 2.05) is 12.1 Å². The molecule has 1 aliphatic rings. The molecule has 0 atom stereocenters. The van der Waals surface area contributed by atoms with Crippen LogP contribution in [-0.4, -0.2) is 34.9 Å². The lowest BCUT2D eigenvalue weighted by atomic mass is 10.1. The van der Waals surface area contributed by atoms with Gasteiger partial charge in [-0.25, -0.2) is 0 Å². The molecule has 0 radical (unpaired) electrons. The first-order valence-corrected chi connectivity index (χ1v) is 10.2. The smallest absolute Gasteiger partial charge is 0.255 e. The maximum absolute atomic E-state index is 12.7. The predicted octanol–water partition coefficient (Wildman–Crippen LogP) is 4.01. The lowest BCUT2D eigenvalue weighted by Crippen LogP contribution is -2.23. The number of carbonyl (C=O) groups excluding carboxylic acids is 1. The van der Waals surface area contributed by atoms with Gasteiger partial charge in [0, 0.05) is 24.0 Å². The standard InChI is InChI=1S/C23H26N4O3/c1-29-19-7-8-20(22(14-19)30-2)23(28)25-15-17-13-21(16-9-11-24-12-10-16)27(26-17)18-5-3-4-6-18/h7-14,18H,3-6,15H2,1-2H3,(H,25,28). The van der Waals surface area contributed by atoms with Crippen LogP contribution in [0.3, 0.4) is 0 Å². The van der Waals surface area contributed by atoms with Crippen LogP contribution in [0.15, 0.2) is 48.8 Å². The molecule has 3 aromatic rings. The van der Waals surface area contributed by atoms with Crippen molar-refractivity contribution in [2.24, 2.45) is 0 Å². The summed E-state index contributed by atoms with van der Waals surface area (Å²) in [6, 6.07) is 11.6. The Kier molecular flexibility index (Phi) is 5.97. The van der Waals surface area contributed by atoms with Crippen molar-refractivity contribution >= 4 is 5.91 Å². The number of nitrogens with zero attached hydrogens (tertiary/aromatic N) is 3. The number of amides is 1. The summed E-state index contributed by atoms with van der Waals surface area (Å²) < 4.78 is 12.7. The summed E-state index contributed by atoms with van der Waals surface area (Å²) in [7, 11) is 3.12. The molecular weight excluding hydrogens is 380 g/mol. The van der Waals surface area contributed by atoms with Crippen LogP contribution in [0.1, 0.15) is 47.8 Å². The summed E-state index contributed by atoms with van der Waals surface area (Å²) in [5.41, 5.74) is 3.44. The number of methoxy groups -OCH3 is 2. The fraction of sp³-hybridized carbons (Fsp3) is 0.348. The molecule has 2 heterocycles. The Hall–Kier alpha value is -3.35. The molecule has 1 amide bonds. The van der Waals surface area contributed by atoms with Crippen LogP contribution in [0.25, 0.3) is 11.3 Å². The molecule has 1 aliphatic carbocycles. The molecular formula is C23H26N4O3. The summed E-state index contributed by atoms with van der Waals surface area (Å²) in [5.74, 6) is 0.900. The molecule has 2 aromatic heterocycles. The summed E-state index contributed by atoms with van der Waals surface area (Å²) in [5, 5.41) is 7.80. The van der Waals surface area contributed by atoms with Crippen LogP contribution in [-0.2, 0) is 6.54 Å². The molecule has 0 aliphatic heterocycles. The monoisotopic (exact) mass is 406 g/mol. The number of hydrogen-bond donors (Lipinski definition) is 1. The second-order valence-electron chi connectivity index (χ2n) is 7.39. The average Bonchev–Trinajstić information content (AvgIpc) is 3.47. The minimum Gasteiger partial charge on any atom is -0.497 e. The quantitative estimate of drug-likeness (QED) is 0.641. The third-order valence-electron chi connectivity index (χ3n) is 5.52. The first-order valence-electron chi connectivity index (χ1n) is 10.2. The first-order chi connectivity index (χ1) is 14.7. The van der Waals surface area contributed by atoms with Crippen molar-refractivity contribution < 1.29 is 14.3 Å². The van der Waals surface area contributed by atoms with Gasteiger partial charge in [0.1, 0.15) is 11.5 Å². The maximum atomic E-state index is 12.7. The number of benzene rings is 1. The molecule has 1 fully saturated rings. The Morgan fingerprint density at radius 2 is 1.87 bits per heavy atom. The molecule has 1 N–H and O–H groups in total. The second-order valence-corrected chi connectivity index (χ2v) is 7.39. The molecule has 0 unspecified atom stereocenters. The van der Waals surface area contributed by atoms with E-state index in [0.29, 0.717) is 29.6 Å². The summed E-state index contributed by atoms with van der Waals surface area (Å²) in [6.07, 6.45) is 8.30. The molecule has 0 spiro atoms. The van der Waals surface area contributed by atoms with Gasteiger partial charge in [-0.3, -0.25) is 14.5 Å². The Bertz CT molecular complexity index is 1010. The summed E-state index contributed by atoms with van der Waals surface area (Å²) in [4.78, 5) is 16.9. The Morgan fingerprint density at radius 1 is 1.10 bits per heavy atom. The van der Waals surface area contributed by atoms with Crippen molar-refractivity contribution in [3.63, 3.8) is 0 Å². The lowest BCUT2D eigenvalue weighted by molar-refractivity contribution is 0.0947. The highest BCUT2D eigenvalue weighted by Crippen LogP contribution is 2.33. The normalized spacial score (nSPS) is 13.9. The van der Waals surface area contributed by atoms with Gasteiger partial charge in [-0.2, -0.15) is 5.10 Å². The highest BCUT2D eigenvalue weighted by molar-refractivity contribution is 5.97. The second kappa shape index (κ2) is 8.98. The number of carbonyl (C=O) groups is 1. The Balaban J connectivity index is 1.54. The fourth-order valence-corrected chi connectivity index (χ4v) is 3.95. The summed E-state index contributed by atoms with van der Waals surface area (Å²) in [6.45, 7) is 0.339. The van der Waals surface area contributed by atoms with E-state index in [1.54, 1.807) is 37.7 Å². The van der Waals surface area contributed by atoms with E-state index in [9.17, 15) is 4.79 Å². The third kappa shape index (κ3) is 4.15. The van der Waals surface area contributed by atoms with Crippen LogP contribution in [0.5, 0.6) is 11.5 Å². The van der Waals surface area contributed by atoms with Crippen LogP contribution in [0.2, 0.25) is 0 Å². The molecule has 7 heteroatoms. The fourth-order valence-electron chi connectivity index (χ4n) is 3.95. The van der Waals surface area contributed by atoms with Crippen molar-refractivity contribution in [1.29, 1.82) is 0 Å². The first kappa shape index (κ1) is 19.9. The number of ether oxygens (including phenoxy) is 2. The number of aromatic nitrogens is 3. The maximum Gasteiger partial charge on any atom is 0.255 e. The minimum atomic E-state index is -0.213. The minimum absolute atomic E-state index is 0.213. The van der Waals surface area contributed by atoms with Crippen molar-refractivity contribution in [1.82, 2.24) is 20.1 Å². The number of hydrogen-bond acceptors (Lipinski definition) is 5. The lowest BCUT2D eigenvalue weighted by Gasteiger charge is -2.14. The van der Waals surface area contributed by atoms with Gasteiger partial charge >= 0.3 is 0 Å². The van der Waals surface area contributed by atoms with E-state index in [1.165, 1.54) is 20.0 Å². The van der Waals surface area contributed by atoms with Crippen molar-refractivity contribution in [3.8, 4) is 22.8 Å². The van der Waals surface area contributed by atoms with Crippen molar-refractivity contribution in [3.05, 3.63) is 60.0 Å². The van der Waals surface area contributed by atoms with Gasteiger partial charge in [0.05, 0.1) is 43.8 Å². The average molecular weight is 406 g/mol. The molecule has 7 nitrogen and oxygen atoms in total. The number of pyridine rings is 1. The molecule has 1 aromatic carbocycles. The largest absolute Gasteiger partial charge is 0.497 e. The molecule has 0 saturated heterocycles. The molecule has 30 heavy (non-hydrogen) atoms. The molecule has 156 valence electrons. The van der Waals surface area contributed by atoms with E-state index < -0.39 is 0 Å². The molecule has 0 bridgehead atoms. The Morgan fingerprint density at radius 3 is 2.57 bits per heavy atom. The van der Waals surface area contributed by atoms with Gasteiger partial charge in [0.15, 0.2) is 0 Å². The van der Waals surface area contributed by atoms with Gasteiger partial charge in [-0.05, 0) is 43.2 Å². The third-order valence-corrected chi connectivity index (χ3v) is 5.52.